The normalized spacial score (nSPS) is 10.6. The van der Waals surface area contributed by atoms with E-state index in [0.29, 0.717) is 23.9 Å². The zero-order chi connectivity index (χ0) is 19.8. The molecule has 0 saturated heterocycles. The summed E-state index contributed by atoms with van der Waals surface area (Å²) >= 11 is 5.91. The molecular weight excluding hydrogens is 380 g/mol. The molecule has 1 heterocycles. The fourth-order valence-electron chi connectivity index (χ4n) is 2.66. The molecule has 0 radical (unpaired) electrons. The lowest BCUT2D eigenvalue weighted by molar-refractivity contribution is -0.129. The number of hydrogen-bond acceptors (Lipinski definition) is 5. The quantitative estimate of drug-likeness (QED) is 0.296. The van der Waals surface area contributed by atoms with Crippen LogP contribution in [-0.4, -0.2) is 22.7 Å². The summed E-state index contributed by atoms with van der Waals surface area (Å²) in [5, 5.41) is 9.10. The van der Waals surface area contributed by atoms with Crippen LogP contribution in [-0.2, 0) is 4.79 Å². The van der Waals surface area contributed by atoms with Crippen molar-refractivity contribution in [3.8, 4) is 28.5 Å². The maximum Gasteiger partial charge on any atom is 0.243 e. The summed E-state index contributed by atoms with van der Waals surface area (Å²) in [6.45, 7) is 0.569. The molecule has 0 atom stereocenters. The first kappa shape index (κ1) is 19.9. The van der Waals surface area contributed by atoms with Gasteiger partial charge in [0.05, 0.1) is 6.61 Å². The molecule has 3 aromatic rings. The number of aromatic nitrogens is 1. The van der Waals surface area contributed by atoms with Gasteiger partial charge in [-0.1, -0.05) is 23.7 Å². The Kier molecular flexibility index (Phi) is 7.06. The van der Waals surface area contributed by atoms with Gasteiger partial charge in [-0.2, -0.15) is 0 Å². The summed E-state index contributed by atoms with van der Waals surface area (Å²) in [6, 6.07) is 15.0. The number of halogens is 1. The monoisotopic (exact) mass is 400 g/mol. The average molecular weight is 401 g/mol. The second-order valence-corrected chi connectivity index (χ2v) is 6.70. The van der Waals surface area contributed by atoms with Gasteiger partial charge in [0.1, 0.15) is 17.7 Å². The molecule has 28 heavy (non-hydrogen) atoms. The third kappa shape index (κ3) is 5.58. The Morgan fingerprint density at radius 2 is 1.75 bits per heavy atom. The number of benzene rings is 2. The van der Waals surface area contributed by atoms with Gasteiger partial charge in [0.15, 0.2) is 0 Å². The van der Waals surface area contributed by atoms with Crippen LogP contribution < -0.4 is 10.2 Å². The van der Waals surface area contributed by atoms with Crippen LogP contribution in [0.2, 0.25) is 5.02 Å². The lowest BCUT2D eigenvalue weighted by Gasteiger charge is -2.06. The number of unbranched alkanes of at least 4 members (excludes halogenated alkanes) is 2. The van der Waals surface area contributed by atoms with E-state index in [0.717, 1.165) is 41.8 Å². The summed E-state index contributed by atoms with van der Waals surface area (Å²) in [4.78, 5) is 15.4. The van der Waals surface area contributed by atoms with Gasteiger partial charge in [0, 0.05) is 22.6 Å². The maximum atomic E-state index is 10.9. The zero-order valence-corrected chi connectivity index (χ0v) is 16.0. The standard InChI is InChI=1S/C21H21ClN2O4/c22-17-9-5-15(6-10-17)19-14-28-21(23-19)16-7-11-18(12-8-16)27-13-3-1-2-4-20(25)24-26/h5-12,14,26H,1-4,13H2,(H,24,25). The van der Waals surface area contributed by atoms with Gasteiger partial charge < -0.3 is 9.15 Å². The van der Waals surface area contributed by atoms with E-state index in [1.165, 1.54) is 0 Å². The van der Waals surface area contributed by atoms with Gasteiger partial charge in [-0.25, -0.2) is 10.5 Å². The van der Waals surface area contributed by atoms with Crippen molar-refractivity contribution in [2.45, 2.75) is 25.7 Å². The highest BCUT2D eigenvalue weighted by Gasteiger charge is 2.09. The number of hydrogen-bond donors (Lipinski definition) is 2. The van der Waals surface area contributed by atoms with E-state index in [2.05, 4.69) is 4.98 Å². The second-order valence-electron chi connectivity index (χ2n) is 6.26. The van der Waals surface area contributed by atoms with Gasteiger partial charge in [-0.3, -0.25) is 10.0 Å². The van der Waals surface area contributed by atoms with Gasteiger partial charge in [-0.15, -0.1) is 0 Å². The molecule has 2 N–H and O–H groups in total. The molecule has 7 heteroatoms. The van der Waals surface area contributed by atoms with Crippen LogP contribution in [0.5, 0.6) is 5.75 Å². The van der Waals surface area contributed by atoms with Gasteiger partial charge in [-0.05, 0) is 55.7 Å². The first-order valence-electron chi connectivity index (χ1n) is 9.03. The number of oxazole rings is 1. The van der Waals surface area contributed by atoms with Crippen LogP contribution in [0.1, 0.15) is 25.7 Å². The SMILES string of the molecule is O=C(CCCCCOc1ccc(-c2nc(-c3ccc(Cl)cc3)co2)cc1)NO. The van der Waals surface area contributed by atoms with E-state index in [1.807, 2.05) is 48.5 Å². The van der Waals surface area contributed by atoms with Crippen molar-refractivity contribution in [1.29, 1.82) is 0 Å². The molecule has 1 aromatic heterocycles. The van der Waals surface area contributed by atoms with Crippen LogP contribution in [0.3, 0.4) is 0 Å². The maximum absolute atomic E-state index is 10.9. The number of ether oxygens (including phenoxy) is 1. The Hall–Kier alpha value is -2.83. The van der Waals surface area contributed by atoms with E-state index in [9.17, 15) is 4.79 Å². The zero-order valence-electron chi connectivity index (χ0n) is 15.2. The Balaban J connectivity index is 1.49. The van der Waals surface area contributed by atoms with Crippen molar-refractivity contribution in [3.63, 3.8) is 0 Å². The second kappa shape index (κ2) is 9.92. The molecule has 0 aliphatic heterocycles. The van der Waals surface area contributed by atoms with Gasteiger partial charge in [0.2, 0.25) is 11.8 Å². The van der Waals surface area contributed by atoms with Crippen molar-refractivity contribution in [1.82, 2.24) is 10.5 Å². The molecule has 0 fully saturated rings. The molecule has 146 valence electrons. The highest BCUT2D eigenvalue weighted by atomic mass is 35.5. The highest BCUT2D eigenvalue weighted by Crippen LogP contribution is 2.27. The fourth-order valence-corrected chi connectivity index (χ4v) is 2.79. The van der Waals surface area contributed by atoms with Gasteiger partial charge >= 0.3 is 0 Å². The van der Waals surface area contributed by atoms with Gasteiger partial charge in [0.25, 0.3) is 0 Å². The summed E-state index contributed by atoms with van der Waals surface area (Å²) in [6.07, 6.45) is 4.36. The predicted octanol–water partition coefficient (Wildman–Crippen LogP) is 5.11. The lowest BCUT2D eigenvalue weighted by Crippen LogP contribution is -2.17. The number of nitrogens with one attached hydrogen (secondary N) is 1. The topological polar surface area (TPSA) is 84.6 Å². The van der Waals surface area contributed by atoms with Crippen molar-refractivity contribution in [2.24, 2.45) is 0 Å². The first-order chi connectivity index (χ1) is 13.7. The molecular formula is C21H21ClN2O4. The molecule has 0 aliphatic carbocycles. The Bertz CT molecular complexity index is 892. The molecule has 6 nitrogen and oxygen atoms in total. The summed E-state index contributed by atoms with van der Waals surface area (Å²) in [5.41, 5.74) is 4.18. The number of amides is 1. The summed E-state index contributed by atoms with van der Waals surface area (Å²) in [7, 11) is 0. The molecule has 0 aliphatic rings. The number of carbonyl (C=O) groups is 1. The van der Waals surface area contributed by atoms with Crippen molar-refractivity contribution in [2.75, 3.05) is 6.61 Å². The summed E-state index contributed by atoms with van der Waals surface area (Å²) in [5.74, 6) is 0.947. The fraction of sp³-hybridized carbons (Fsp3) is 0.238. The van der Waals surface area contributed by atoms with Crippen molar-refractivity contribution >= 4 is 17.5 Å². The third-order valence-electron chi connectivity index (χ3n) is 4.19. The van der Waals surface area contributed by atoms with E-state index in [-0.39, 0.29) is 5.91 Å². The summed E-state index contributed by atoms with van der Waals surface area (Å²) < 4.78 is 11.3. The minimum Gasteiger partial charge on any atom is -0.494 e. The molecule has 0 saturated carbocycles. The third-order valence-corrected chi connectivity index (χ3v) is 4.44. The molecule has 1 amide bonds. The van der Waals surface area contributed by atoms with E-state index in [1.54, 1.807) is 11.7 Å². The molecule has 0 unspecified atom stereocenters. The van der Waals surface area contributed by atoms with E-state index < -0.39 is 0 Å². The minimum atomic E-state index is -0.359. The Morgan fingerprint density at radius 1 is 1.04 bits per heavy atom. The van der Waals surface area contributed by atoms with Crippen molar-refractivity contribution in [3.05, 3.63) is 59.8 Å². The van der Waals surface area contributed by atoms with Crippen LogP contribution in [0, 0.1) is 0 Å². The molecule has 0 bridgehead atoms. The smallest absolute Gasteiger partial charge is 0.243 e. The average Bonchev–Trinajstić information content (AvgIpc) is 3.21. The van der Waals surface area contributed by atoms with Crippen LogP contribution in [0.25, 0.3) is 22.7 Å². The lowest BCUT2D eigenvalue weighted by atomic mass is 10.2. The highest BCUT2D eigenvalue weighted by molar-refractivity contribution is 6.30. The largest absolute Gasteiger partial charge is 0.494 e. The predicted molar refractivity (Wildman–Crippen MR) is 106 cm³/mol. The molecule has 3 rings (SSSR count). The Labute approximate surface area is 168 Å². The minimum absolute atomic E-state index is 0.319. The van der Waals surface area contributed by atoms with Crippen LogP contribution in [0.15, 0.2) is 59.2 Å². The van der Waals surface area contributed by atoms with Crippen molar-refractivity contribution < 1.29 is 19.2 Å². The number of hydroxylamine groups is 1. The number of carbonyl (C=O) groups excluding carboxylic acids is 1. The van der Waals surface area contributed by atoms with E-state index in [4.69, 9.17) is 26.0 Å². The number of rotatable bonds is 9. The number of nitrogens with zero attached hydrogens (tertiary/aromatic N) is 1. The first-order valence-corrected chi connectivity index (χ1v) is 9.41. The van der Waals surface area contributed by atoms with E-state index >= 15 is 0 Å². The molecule has 2 aromatic carbocycles. The van der Waals surface area contributed by atoms with Crippen LogP contribution in [0.4, 0.5) is 0 Å². The van der Waals surface area contributed by atoms with Crippen LogP contribution >= 0.6 is 11.6 Å². The Morgan fingerprint density at radius 3 is 2.46 bits per heavy atom. The molecule has 0 spiro atoms.